The minimum absolute atomic E-state index is 0.119. The number of hydrogen-bond donors (Lipinski definition) is 0. The molecule has 0 N–H and O–H groups in total. The predicted octanol–water partition coefficient (Wildman–Crippen LogP) is 4.96. The molecule has 144 valence electrons. The molecule has 0 radical (unpaired) electrons. The third-order valence-electron chi connectivity index (χ3n) is 6.11. The van der Waals surface area contributed by atoms with Crippen molar-refractivity contribution in [2.45, 2.75) is 39.3 Å². The van der Waals surface area contributed by atoms with E-state index in [1.54, 1.807) is 0 Å². The summed E-state index contributed by atoms with van der Waals surface area (Å²) >= 11 is 0. The number of pyridine rings is 1. The number of fused-ring (bicyclic) bond motifs is 2. The Labute approximate surface area is 171 Å². The highest BCUT2D eigenvalue weighted by molar-refractivity contribution is 6.00. The Morgan fingerprint density at radius 2 is 1.90 bits per heavy atom. The van der Waals surface area contributed by atoms with Crippen LogP contribution in [0.4, 0.5) is 0 Å². The highest BCUT2D eigenvalue weighted by Crippen LogP contribution is 2.28. The molecule has 1 atom stereocenters. The molecule has 1 unspecified atom stereocenters. The summed E-state index contributed by atoms with van der Waals surface area (Å²) in [4.78, 5) is 13.2. The van der Waals surface area contributed by atoms with Crippen molar-refractivity contribution < 1.29 is 9.36 Å². The molecule has 4 aromatic rings. The maximum Gasteiger partial charge on any atom is 0.230 e. The second-order valence-corrected chi connectivity index (χ2v) is 8.20. The van der Waals surface area contributed by atoms with E-state index >= 15 is 0 Å². The van der Waals surface area contributed by atoms with Crippen LogP contribution in [0.2, 0.25) is 0 Å². The van der Waals surface area contributed by atoms with Crippen LogP contribution in [0.5, 0.6) is 0 Å². The zero-order valence-electron chi connectivity index (χ0n) is 16.9. The highest BCUT2D eigenvalue weighted by atomic mass is 16.1. The van der Waals surface area contributed by atoms with Gasteiger partial charge in [-0.2, -0.15) is 4.57 Å². The van der Waals surface area contributed by atoms with Crippen molar-refractivity contribution in [3.05, 3.63) is 101 Å². The van der Waals surface area contributed by atoms with E-state index in [1.165, 1.54) is 33.2 Å². The lowest BCUT2D eigenvalue weighted by Crippen LogP contribution is -2.45. The quantitative estimate of drug-likeness (QED) is 0.460. The summed E-state index contributed by atoms with van der Waals surface area (Å²) in [5, 5.41) is 1.21. The van der Waals surface area contributed by atoms with Gasteiger partial charge in [-0.1, -0.05) is 54.1 Å². The molecule has 1 aliphatic carbocycles. The lowest BCUT2D eigenvalue weighted by molar-refractivity contribution is -0.707. The topological polar surface area (TPSA) is 25.9 Å². The number of hydrogen-bond acceptors (Lipinski definition) is 1. The zero-order chi connectivity index (χ0) is 20.0. The van der Waals surface area contributed by atoms with Gasteiger partial charge in [-0.15, -0.1) is 0 Å². The van der Waals surface area contributed by atoms with Gasteiger partial charge in [0.25, 0.3) is 0 Å². The lowest BCUT2D eigenvalue weighted by Gasteiger charge is -2.20. The minimum atomic E-state index is -0.119. The first-order chi connectivity index (χ1) is 14.1. The van der Waals surface area contributed by atoms with E-state index in [0.29, 0.717) is 0 Å². The van der Waals surface area contributed by atoms with E-state index in [0.717, 1.165) is 24.9 Å². The summed E-state index contributed by atoms with van der Waals surface area (Å²) in [6.07, 6.45) is 8.25. The van der Waals surface area contributed by atoms with Crippen LogP contribution in [0.25, 0.3) is 10.9 Å². The first-order valence-corrected chi connectivity index (χ1v) is 10.3. The SMILES string of the molecule is Cc1ccc2c(c1)CCC([n+]1ccc3c(c1)c(C)cn3Cc1ccccc1)C2=O. The van der Waals surface area contributed by atoms with Gasteiger partial charge >= 0.3 is 0 Å². The van der Waals surface area contributed by atoms with Gasteiger partial charge in [0.1, 0.15) is 0 Å². The molecule has 2 heterocycles. The van der Waals surface area contributed by atoms with E-state index in [1.807, 2.05) is 18.2 Å². The third-order valence-corrected chi connectivity index (χ3v) is 6.11. The molecule has 0 saturated carbocycles. The first-order valence-electron chi connectivity index (χ1n) is 10.3. The molecule has 0 bridgehead atoms. The number of Topliss-reactive ketones (excluding diaryl/α,β-unsaturated/α-hetero) is 1. The van der Waals surface area contributed by atoms with Gasteiger partial charge in [-0.25, -0.2) is 0 Å². The van der Waals surface area contributed by atoms with Crippen LogP contribution < -0.4 is 4.57 Å². The Balaban J connectivity index is 1.50. The van der Waals surface area contributed by atoms with Gasteiger partial charge < -0.3 is 4.57 Å². The number of aryl methyl sites for hydroxylation is 3. The Morgan fingerprint density at radius 1 is 1.07 bits per heavy atom. The number of rotatable bonds is 3. The van der Waals surface area contributed by atoms with Gasteiger partial charge in [0.2, 0.25) is 11.8 Å². The Bertz CT molecular complexity index is 1220. The number of ketones is 1. The van der Waals surface area contributed by atoms with Crippen molar-refractivity contribution >= 4 is 16.7 Å². The van der Waals surface area contributed by atoms with Crippen LogP contribution in [-0.2, 0) is 13.0 Å². The molecular weight excluding hydrogens is 356 g/mol. The van der Waals surface area contributed by atoms with Crippen molar-refractivity contribution in [2.24, 2.45) is 0 Å². The molecule has 2 aromatic carbocycles. The molecule has 0 aliphatic heterocycles. The number of benzene rings is 2. The highest BCUT2D eigenvalue weighted by Gasteiger charge is 2.34. The van der Waals surface area contributed by atoms with Crippen LogP contribution in [0.3, 0.4) is 0 Å². The second kappa shape index (κ2) is 7.00. The fourth-order valence-corrected chi connectivity index (χ4v) is 4.59. The fourth-order valence-electron chi connectivity index (χ4n) is 4.59. The molecule has 1 aliphatic rings. The van der Waals surface area contributed by atoms with Gasteiger partial charge in [-0.05, 0) is 37.0 Å². The molecule has 3 nitrogen and oxygen atoms in total. The van der Waals surface area contributed by atoms with Crippen molar-refractivity contribution in [1.29, 1.82) is 0 Å². The average Bonchev–Trinajstić information content (AvgIpc) is 3.04. The molecule has 0 amide bonds. The summed E-state index contributed by atoms with van der Waals surface area (Å²) in [5.74, 6) is 0.233. The molecule has 0 spiro atoms. The fraction of sp³-hybridized carbons (Fsp3) is 0.231. The second-order valence-electron chi connectivity index (χ2n) is 8.20. The van der Waals surface area contributed by atoms with E-state index in [4.69, 9.17) is 0 Å². The van der Waals surface area contributed by atoms with Crippen molar-refractivity contribution in [3.63, 3.8) is 0 Å². The number of nitrogens with zero attached hydrogens (tertiary/aromatic N) is 2. The third kappa shape index (κ3) is 3.17. The summed E-state index contributed by atoms with van der Waals surface area (Å²) in [5.41, 5.74) is 7.04. The zero-order valence-corrected chi connectivity index (χ0v) is 16.9. The molecule has 0 saturated heterocycles. The molecule has 2 aromatic heterocycles. The van der Waals surface area contributed by atoms with E-state index < -0.39 is 0 Å². The summed E-state index contributed by atoms with van der Waals surface area (Å²) in [7, 11) is 0. The largest absolute Gasteiger partial charge is 0.342 e. The maximum atomic E-state index is 13.2. The van der Waals surface area contributed by atoms with Crippen LogP contribution in [0.1, 0.15) is 45.1 Å². The molecule has 29 heavy (non-hydrogen) atoms. The van der Waals surface area contributed by atoms with Crippen LogP contribution >= 0.6 is 0 Å². The Kier molecular flexibility index (Phi) is 4.31. The standard InChI is InChI=1S/C26H25N2O/c1-18-8-10-22-21(14-18)9-11-25(26(22)29)27-13-12-24-23(17-27)19(2)15-28(24)16-20-6-4-3-5-7-20/h3-8,10,12-15,17,25H,9,11,16H2,1-2H3/q+1. The summed E-state index contributed by atoms with van der Waals surface area (Å²) < 4.78 is 4.42. The van der Waals surface area contributed by atoms with Crippen molar-refractivity contribution in [1.82, 2.24) is 4.57 Å². The van der Waals surface area contributed by atoms with E-state index in [-0.39, 0.29) is 11.8 Å². The summed E-state index contributed by atoms with van der Waals surface area (Å²) in [6, 6.07) is 18.8. The van der Waals surface area contributed by atoms with Crippen molar-refractivity contribution in [3.8, 4) is 0 Å². The number of aromatic nitrogens is 2. The average molecular weight is 381 g/mol. The maximum absolute atomic E-state index is 13.2. The number of carbonyl (C=O) groups is 1. The Hall–Kier alpha value is -3.20. The molecule has 0 fully saturated rings. The molecule has 3 heteroatoms. The lowest BCUT2D eigenvalue weighted by atomic mass is 9.86. The van der Waals surface area contributed by atoms with Gasteiger partial charge in [0.15, 0.2) is 12.4 Å². The first kappa shape index (κ1) is 17.9. The monoisotopic (exact) mass is 381 g/mol. The van der Waals surface area contributed by atoms with Crippen molar-refractivity contribution in [2.75, 3.05) is 0 Å². The minimum Gasteiger partial charge on any atom is -0.342 e. The molecule has 5 rings (SSSR count). The van der Waals surface area contributed by atoms with E-state index in [9.17, 15) is 4.79 Å². The normalized spacial score (nSPS) is 16.2. The molecular formula is C26H25N2O+. The van der Waals surface area contributed by atoms with Crippen LogP contribution in [-0.4, -0.2) is 10.4 Å². The smallest absolute Gasteiger partial charge is 0.230 e. The Morgan fingerprint density at radius 3 is 2.72 bits per heavy atom. The van der Waals surface area contributed by atoms with Crippen LogP contribution in [0.15, 0.2) is 73.2 Å². The van der Waals surface area contributed by atoms with Gasteiger partial charge in [-0.3, -0.25) is 4.79 Å². The van der Waals surface area contributed by atoms with Gasteiger partial charge in [0.05, 0.1) is 10.9 Å². The van der Waals surface area contributed by atoms with Crippen LogP contribution in [0, 0.1) is 13.8 Å². The number of carbonyl (C=O) groups excluding carboxylic acids is 1. The van der Waals surface area contributed by atoms with Gasteiger partial charge in [0, 0.05) is 30.8 Å². The predicted molar refractivity (Wildman–Crippen MR) is 115 cm³/mol. The summed E-state index contributed by atoms with van der Waals surface area (Å²) in [6.45, 7) is 5.08. The van der Waals surface area contributed by atoms with E-state index in [2.05, 4.69) is 78.0 Å².